The molecule has 4 N–H and O–H groups in total. The summed E-state index contributed by atoms with van der Waals surface area (Å²) in [7, 11) is 0. The molecule has 5 aromatic rings. The molecule has 0 fully saturated rings. The van der Waals surface area contributed by atoms with Crippen LogP contribution in [0, 0.1) is 13.8 Å². The molecule has 0 bridgehead atoms. The van der Waals surface area contributed by atoms with Gasteiger partial charge in [0, 0.05) is 11.4 Å². The molecule has 0 radical (unpaired) electrons. The van der Waals surface area contributed by atoms with E-state index in [1.165, 1.54) is 0 Å². The van der Waals surface area contributed by atoms with Gasteiger partial charge in [0.05, 0.1) is 34.6 Å². The van der Waals surface area contributed by atoms with E-state index in [2.05, 4.69) is 21.3 Å². The van der Waals surface area contributed by atoms with E-state index in [4.69, 9.17) is 0 Å². The summed E-state index contributed by atoms with van der Waals surface area (Å²) in [5.41, 5.74) is 8.46. The lowest BCUT2D eigenvalue weighted by atomic mass is 10.1. The van der Waals surface area contributed by atoms with E-state index < -0.39 is 0 Å². The fourth-order valence-corrected chi connectivity index (χ4v) is 5.07. The maximum absolute atomic E-state index is 13.3. The quantitative estimate of drug-likeness (QED) is 0.133. The summed E-state index contributed by atoms with van der Waals surface area (Å²) in [4.78, 5) is 26.6. The summed E-state index contributed by atoms with van der Waals surface area (Å²) in [6.45, 7) is 7.96. The first-order chi connectivity index (χ1) is 21.3. The predicted octanol–water partition coefficient (Wildman–Crippen LogP) is 8.77. The van der Waals surface area contributed by atoms with Crippen molar-refractivity contribution in [1.29, 1.82) is 0 Å². The van der Waals surface area contributed by atoms with Crippen LogP contribution in [0.2, 0.25) is 0 Å². The Balaban J connectivity index is 1.29. The normalized spacial score (nSPS) is 12.1. The molecule has 0 aliphatic carbocycles. The summed E-state index contributed by atoms with van der Waals surface area (Å²) < 4.78 is 0. The summed E-state index contributed by atoms with van der Waals surface area (Å²) in [6, 6.07) is 38.9. The maximum atomic E-state index is 13.3. The van der Waals surface area contributed by atoms with Gasteiger partial charge in [0.15, 0.2) is 0 Å². The largest absolute Gasteiger partial charge is 0.355 e. The predicted molar refractivity (Wildman–Crippen MR) is 180 cm³/mol. The van der Waals surface area contributed by atoms with Gasteiger partial charge in [0.25, 0.3) is 11.8 Å². The molecule has 0 aliphatic rings. The summed E-state index contributed by atoms with van der Waals surface area (Å²) in [5.74, 6) is -0.289. The molecule has 2 atom stereocenters. The SMILES string of the molecule is Cc1ccc(C(=O)N[C@@H](C)c2ccccc2)c(Nc2ccc(Nc3cc(C)ccc3C(=O)N[C@@H](C)c3ccccc3)cc2)c1. The Kier molecular flexibility index (Phi) is 9.40. The van der Waals surface area contributed by atoms with Crippen LogP contribution in [0.15, 0.2) is 121 Å². The highest BCUT2D eigenvalue weighted by Crippen LogP contribution is 2.28. The zero-order chi connectivity index (χ0) is 31.1. The third-order valence-electron chi connectivity index (χ3n) is 7.58. The Hall–Kier alpha value is -5.36. The van der Waals surface area contributed by atoms with Crippen molar-refractivity contribution in [3.8, 4) is 0 Å². The molecular formula is C38H38N4O2. The van der Waals surface area contributed by atoms with Gasteiger partial charge in [-0.15, -0.1) is 0 Å². The number of carbonyl (C=O) groups excluding carboxylic acids is 2. The minimum absolute atomic E-state index is 0.127. The number of amides is 2. The van der Waals surface area contributed by atoms with Crippen LogP contribution in [0.25, 0.3) is 0 Å². The highest BCUT2D eigenvalue weighted by Gasteiger charge is 2.17. The van der Waals surface area contributed by atoms with Gasteiger partial charge in [-0.3, -0.25) is 9.59 Å². The highest BCUT2D eigenvalue weighted by molar-refractivity contribution is 6.01. The minimum atomic E-state index is -0.144. The lowest BCUT2D eigenvalue weighted by Gasteiger charge is -2.18. The second-order valence-corrected chi connectivity index (χ2v) is 11.1. The number of carbonyl (C=O) groups is 2. The molecule has 0 spiro atoms. The smallest absolute Gasteiger partial charge is 0.253 e. The fraction of sp³-hybridized carbons (Fsp3) is 0.158. The molecule has 5 rings (SSSR count). The molecule has 0 saturated carbocycles. The van der Waals surface area contributed by atoms with Crippen molar-refractivity contribution in [2.45, 2.75) is 39.8 Å². The van der Waals surface area contributed by atoms with Gasteiger partial charge in [-0.25, -0.2) is 0 Å². The number of hydrogen-bond acceptors (Lipinski definition) is 4. The van der Waals surface area contributed by atoms with Gasteiger partial charge in [-0.2, -0.15) is 0 Å². The summed E-state index contributed by atoms with van der Waals surface area (Å²) >= 11 is 0. The highest BCUT2D eigenvalue weighted by atomic mass is 16.2. The first-order valence-corrected chi connectivity index (χ1v) is 14.8. The van der Waals surface area contributed by atoms with Gasteiger partial charge in [-0.05, 0) is 98.5 Å². The van der Waals surface area contributed by atoms with E-state index in [0.29, 0.717) is 11.1 Å². The van der Waals surface area contributed by atoms with Crippen molar-refractivity contribution in [2.24, 2.45) is 0 Å². The van der Waals surface area contributed by atoms with Crippen molar-refractivity contribution in [2.75, 3.05) is 10.6 Å². The van der Waals surface area contributed by atoms with Crippen molar-refractivity contribution in [3.05, 3.63) is 155 Å². The Morgan fingerprint density at radius 2 is 0.864 bits per heavy atom. The van der Waals surface area contributed by atoms with Crippen LogP contribution < -0.4 is 21.3 Å². The second kappa shape index (κ2) is 13.7. The molecule has 0 heterocycles. The van der Waals surface area contributed by atoms with Crippen LogP contribution in [-0.2, 0) is 0 Å². The molecular weight excluding hydrogens is 544 g/mol. The van der Waals surface area contributed by atoms with Crippen LogP contribution >= 0.6 is 0 Å². The molecule has 6 nitrogen and oxygen atoms in total. The van der Waals surface area contributed by atoms with Crippen LogP contribution in [0.3, 0.4) is 0 Å². The number of rotatable bonds is 10. The molecule has 0 saturated heterocycles. The zero-order valence-corrected chi connectivity index (χ0v) is 25.5. The van der Waals surface area contributed by atoms with Crippen molar-refractivity contribution >= 4 is 34.6 Å². The second-order valence-electron chi connectivity index (χ2n) is 11.1. The summed E-state index contributed by atoms with van der Waals surface area (Å²) in [5, 5.41) is 13.1. The van der Waals surface area contributed by atoms with E-state index in [0.717, 1.165) is 45.0 Å². The average molecular weight is 583 g/mol. The standard InChI is InChI=1S/C38H38N4O2/c1-25-15-21-33(37(43)39-27(3)29-11-7-5-8-12-29)35(23-25)41-31-17-19-32(20-18-31)42-36-24-26(2)16-22-34(36)38(44)40-28(4)30-13-9-6-10-14-30/h5-24,27-28,41-42H,1-4H3,(H,39,43)(H,40,44)/t27-,28-/m0/s1. The van der Waals surface area contributed by atoms with E-state index in [9.17, 15) is 9.59 Å². The molecule has 5 aromatic carbocycles. The first kappa shape index (κ1) is 30.1. The molecule has 222 valence electrons. The van der Waals surface area contributed by atoms with Crippen molar-refractivity contribution in [3.63, 3.8) is 0 Å². The topological polar surface area (TPSA) is 82.3 Å². The van der Waals surface area contributed by atoms with Gasteiger partial charge in [-0.1, -0.05) is 72.8 Å². The Morgan fingerprint density at radius 3 is 1.23 bits per heavy atom. The van der Waals surface area contributed by atoms with Crippen LogP contribution in [0.4, 0.5) is 22.7 Å². The van der Waals surface area contributed by atoms with E-state index in [-0.39, 0.29) is 23.9 Å². The van der Waals surface area contributed by atoms with Crippen molar-refractivity contribution in [1.82, 2.24) is 10.6 Å². The number of aryl methyl sites for hydroxylation is 2. The fourth-order valence-electron chi connectivity index (χ4n) is 5.07. The lowest BCUT2D eigenvalue weighted by Crippen LogP contribution is -2.27. The number of benzene rings is 5. The molecule has 44 heavy (non-hydrogen) atoms. The van der Waals surface area contributed by atoms with Gasteiger partial charge in [0.1, 0.15) is 0 Å². The van der Waals surface area contributed by atoms with Crippen LogP contribution in [0.1, 0.15) is 68.9 Å². The maximum Gasteiger partial charge on any atom is 0.253 e. The van der Waals surface area contributed by atoms with E-state index in [1.54, 1.807) is 0 Å². The van der Waals surface area contributed by atoms with Gasteiger partial charge < -0.3 is 21.3 Å². The van der Waals surface area contributed by atoms with Gasteiger partial charge >= 0.3 is 0 Å². The van der Waals surface area contributed by atoms with E-state index >= 15 is 0 Å². The molecule has 6 heteroatoms. The Labute approximate surface area is 259 Å². The first-order valence-electron chi connectivity index (χ1n) is 14.8. The van der Waals surface area contributed by atoms with Crippen molar-refractivity contribution < 1.29 is 9.59 Å². The molecule has 0 unspecified atom stereocenters. The lowest BCUT2D eigenvalue weighted by molar-refractivity contribution is 0.0932. The number of hydrogen-bond donors (Lipinski definition) is 4. The molecule has 0 aliphatic heterocycles. The monoisotopic (exact) mass is 582 g/mol. The number of nitrogens with one attached hydrogen (secondary N) is 4. The third kappa shape index (κ3) is 7.53. The van der Waals surface area contributed by atoms with Crippen LogP contribution in [0.5, 0.6) is 0 Å². The van der Waals surface area contributed by atoms with Gasteiger partial charge in [0.2, 0.25) is 0 Å². The van der Waals surface area contributed by atoms with E-state index in [1.807, 2.05) is 149 Å². The Morgan fingerprint density at radius 1 is 0.500 bits per heavy atom. The Bertz CT molecular complexity index is 1600. The third-order valence-corrected chi connectivity index (χ3v) is 7.58. The summed E-state index contributed by atoms with van der Waals surface area (Å²) in [6.07, 6.45) is 0. The molecule has 2 amide bonds. The zero-order valence-electron chi connectivity index (χ0n) is 25.5. The number of anilines is 4. The molecule has 0 aromatic heterocycles. The minimum Gasteiger partial charge on any atom is -0.355 e. The average Bonchev–Trinajstić information content (AvgIpc) is 3.03. The van der Waals surface area contributed by atoms with Crippen LogP contribution in [-0.4, -0.2) is 11.8 Å².